The highest BCUT2D eigenvalue weighted by atomic mass is 32.1. The molecule has 0 fully saturated rings. The van der Waals surface area contributed by atoms with Gasteiger partial charge in [0.1, 0.15) is 22.7 Å². The summed E-state index contributed by atoms with van der Waals surface area (Å²) in [5, 5.41) is 16.0. The number of fused-ring (bicyclic) bond motifs is 4. The maximum Gasteiger partial charge on any atom is 0.292 e. The summed E-state index contributed by atoms with van der Waals surface area (Å²) < 4.78 is 10.6. The van der Waals surface area contributed by atoms with Crippen LogP contribution >= 0.6 is 11.3 Å². The fraction of sp³-hybridized carbons (Fsp3) is 0.190. The molecular formula is C21H17N7O3S. The predicted octanol–water partition coefficient (Wildman–Crippen LogP) is 3.51. The molecule has 0 radical (unpaired) electrons. The molecule has 32 heavy (non-hydrogen) atoms. The second kappa shape index (κ2) is 7.31. The lowest BCUT2D eigenvalue weighted by atomic mass is 10.0. The van der Waals surface area contributed by atoms with Gasteiger partial charge in [0.25, 0.3) is 5.91 Å². The molecule has 6 rings (SSSR count). The Balaban J connectivity index is 1.37. The fourth-order valence-corrected chi connectivity index (χ4v) is 5.25. The number of thiophene rings is 1. The average Bonchev–Trinajstić information content (AvgIpc) is 3.56. The van der Waals surface area contributed by atoms with Gasteiger partial charge in [0.15, 0.2) is 0 Å². The maximum atomic E-state index is 12.7. The number of nitrogens with zero attached hydrogens (tertiary/aromatic N) is 5. The van der Waals surface area contributed by atoms with Gasteiger partial charge >= 0.3 is 0 Å². The topological polar surface area (TPSA) is 122 Å². The van der Waals surface area contributed by atoms with Gasteiger partial charge in [0.05, 0.1) is 42.6 Å². The fourth-order valence-electron chi connectivity index (χ4n) is 4.04. The molecular weight excluding hydrogens is 430 g/mol. The lowest BCUT2D eigenvalue weighted by Crippen LogP contribution is -2.35. The first-order valence-corrected chi connectivity index (χ1v) is 10.8. The number of hydrogen-bond donors (Lipinski definition) is 2. The van der Waals surface area contributed by atoms with Crippen LogP contribution < -0.4 is 10.1 Å². The van der Waals surface area contributed by atoms with Crippen molar-refractivity contribution < 1.29 is 14.1 Å². The molecule has 1 aliphatic heterocycles. The van der Waals surface area contributed by atoms with E-state index in [1.807, 2.05) is 12.1 Å². The first kappa shape index (κ1) is 18.8. The van der Waals surface area contributed by atoms with E-state index in [9.17, 15) is 4.79 Å². The SMILES string of the molecule is COc1cc2[nH]ncc2cc1Nc1ncnc2sc3c(c12)CCN(C(=O)c1ccno1)C3. The van der Waals surface area contributed by atoms with Crippen molar-refractivity contribution in [1.29, 1.82) is 0 Å². The number of nitrogens with one attached hydrogen (secondary N) is 2. The van der Waals surface area contributed by atoms with Crippen molar-refractivity contribution in [2.24, 2.45) is 0 Å². The molecule has 0 saturated heterocycles. The van der Waals surface area contributed by atoms with Crippen molar-refractivity contribution in [3.05, 3.63) is 53.1 Å². The Morgan fingerprint density at radius 2 is 2.28 bits per heavy atom. The molecule has 0 atom stereocenters. The van der Waals surface area contributed by atoms with Crippen LogP contribution in [0.25, 0.3) is 21.1 Å². The molecule has 5 heterocycles. The Hall–Kier alpha value is -3.99. The maximum absolute atomic E-state index is 12.7. The number of hydrogen-bond acceptors (Lipinski definition) is 9. The zero-order chi connectivity index (χ0) is 21.7. The molecule has 0 unspecified atom stereocenters. The molecule has 1 aliphatic rings. The van der Waals surface area contributed by atoms with Crippen LogP contribution in [0, 0.1) is 0 Å². The number of aromatic nitrogens is 5. The molecule has 160 valence electrons. The van der Waals surface area contributed by atoms with Gasteiger partial charge in [-0.25, -0.2) is 9.97 Å². The minimum absolute atomic E-state index is 0.159. The highest BCUT2D eigenvalue weighted by molar-refractivity contribution is 7.19. The molecule has 4 aromatic heterocycles. The number of H-pyrrole nitrogens is 1. The number of methoxy groups -OCH3 is 1. The van der Waals surface area contributed by atoms with Gasteiger partial charge in [-0.1, -0.05) is 5.16 Å². The minimum atomic E-state index is -0.159. The smallest absolute Gasteiger partial charge is 0.292 e. The standard InChI is InChI=1S/C21H17N7O3S/c1-30-16-7-13-11(8-24-27-13)6-14(16)26-19-18-12-3-5-28(21(29)15-2-4-25-31-15)9-17(12)32-20(18)23-10-22-19/h2,4,6-8,10H,3,5,9H2,1H3,(H,24,27)(H,22,23,26). The number of aromatic amines is 1. The molecule has 11 heteroatoms. The first-order valence-electron chi connectivity index (χ1n) is 9.94. The second-order valence-electron chi connectivity index (χ2n) is 7.39. The van der Waals surface area contributed by atoms with E-state index >= 15 is 0 Å². The van der Waals surface area contributed by atoms with Crippen molar-refractivity contribution in [3.8, 4) is 5.75 Å². The third-order valence-electron chi connectivity index (χ3n) is 5.59. The van der Waals surface area contributed by atoms with Crippen LogP contribution in [0.4, 0.5) is 11.5 Å². The van der Waals surface area contributed by atoms with Crippen molar-refractivity contribution >= 4 is 49.9 Å². The van der Waals surface area contributed by atoms with E-state index in [4.69, 9.17) is 9.26 Å². The predicted molar refractivity (Wildman–Crippen MR) is 118 cm³/mol. The Kier molecular flexibility index (Phi) is 4.28. The number of carbonyl (C=O) groups is 1. The van der Waals surface area contributed by atoms with Gasteiger partial charge in [-0.15, -0.1) is 11.3 Å². The van der Waals surface area contributed by atoms with E-state index in [1.165, 1.54) is 6.20 Å². The zero-order valence-electron chi connectivity index (χ0n) is 17.0. The molecule has 5 aromatic rings. The van der Waals surface area contributed by atoms with Gasteiger partial charge in [0.2, 0.25) is 5.76 Å². The van der Waals surface area contributed by atoms with Crippen LogP contribution in [-0.2, 0) is 13.0 Å². The van der Waals surface area contributed by atoms with Crippen LogP contribution in [0.5, 0.6) is 5.75 Å². The summed E-state index contributed by atoms with van der Waals surface area (Å²) in [6, 6.07) is 5.46. The Morgan fingerprint density at radius 3 is 3.12 bits per heavy atom. The number of amides is 1. The normalized spacial score (nSPS) is 13.5. The molecule has 10 nitrogen and oxygen atoms in total. The summed E-state index contributed by atoms with van der Waals surface area (Å²) in [6.45, 7) is 1.08. The molecule has 1 amide bonds. The number of ether oxygens (including phenoxy) is 1. The van der Waals surface area contributed by atoms with E-state index < -0.39 is 0 Å². The van der Waals surface area contributed by atoms with E-state index in [2.05, 4.69) is 30.6 Å². The van der Waals surface area contributed by atoms with Crippen LogP contribution in [-0.4, -0.2) is 49.8 Å². The van der Waals surface area contributed by atoms with Crippen LogP contribution in [0.15, 0.2) is 41.4 Å². The van der Waals surface area contributed by atoms with Gasteiger partial charge in [-0.05, 0) is 18.1 Å². The van der Waals surface area contributed by atoms with Crippen LogP contribution in [0.2, 0.25) is 0 Å². The molecule has 2 N–H and O–H groups in total. The van der Waals surface area contributed by atoms with Gasteiger partial charge in [0, 0.05) is 28.9 Å². The Labute approximate surface area is 185 Å². The van der Waals surface area contributed by atoms with Crippen LogP contribution in [0.1, 0.15) is 21.0 Å². The lowest BCUT2D eigenvalue weighted by Gasteiger charge is -2.26. The molecule has 1 aromatic carbocycles. The van der Waals surface area contributed by atoms with E-state index in [-0.39, 0.29) is 11.7 Å². The first-order chi connectivity index (χ1) is 15.7. The van der Waals surface area contributed by atoms with Crippen molar-refractivity contribution in [3.63, 3.8) is 0 Å². The third kappa shape index (κ3) is 2.97. The summed E-state index contributed by atoms with van der Waals surface area (Å²) >= 11 is 1.58. The summed E-state index contributed by atoms with van der Waals surface area (Å²) in [6.07, 6.45) is 5.49. The summed E-state index contributed by atoms with van der Waals surface area (Å²) in [7, 11) is 1.63. The van der Waals surface area contributed by atoms with Gasteiger partial charge in [-0.2, -0.15) is 5.10 Å². The summed E-state index contributed by atoms with van der Waals surface area (Å²) in [5.74, 6) is 1.48. The summed E-state index contributed by atoms with van der Waals surface area (Å²) in [5.41, 5.74) is 2.85. The highest BCUT2D eigenvalue weighted by Gasteiger charge is 2.28. The highest BCUT2D eigenvalue weighted by Crippen LogP contribution is 2.40. The number of rotatable bonds is 4. The van der Waals surface area contributed by atoms with E-state index in [1.54, 1.807) is 41.9 Å². The number of anilines is 2. The third-order valence-corrected chi connectivity index (χ3v) is 6.71. The van der Waals surface area contributed by atoms with E-state index in [0.29, 0.717) is 31.1 Å². The largest absolute Gasteiger partial charge is 0.494 e. The van der Waals surface area contributed by atoms with Crippen molar-refractivity contribution in [2.75, 3.05) is 19.0 Å². The monoisotopic (exact) mass is 447 g/mol. The van der Waals surface area contributed by atoms with Gasteiger partial charge in [-0.3, -0.25) is 9.89 Å². The number of benzene rings is 1. The van der Waals surface area contributed by atoms with Crippen LogP contribution in [0.3, 0.4) is 0 Å². The van der Waals surface area contributed by atoms with Crippen molar-refractivity contribution in [1.82, 2.24) is 30.2 Å². The molecule has 0 aliphatic carbocycles. The van der Waals surface area contributed by atoms with Crippen molar-refractivity contribution in [2.45, 2.75) is 13.0 Å². The number of carbonyl (C=O) groups excluding carboxylic acids is 1. The zero-order valence-corrected chi connectivity index (χ0v) is 17.8. The summed E-state index contributed by atoms with van der Waals surface area (Å²) in [4.78, 5) is 25.4. The molecule has 0 spiro atoms. The molecule has 0 bridgehead atoms. The Morgan fingerprint density at radius 1 is 1.34 bits per heavy atom. The minimum Gasteiger partial charge on any atom is -0.494 e. The average molecular weight is 447 g/mol. The van der Waals surface area contributed by atoms with E-state index in [0.717, 1.165) is 37.2 Å². The second-order valence-corrected chi connectivity index (χ2v) is 8.48. The Bertz CT molecular complexity index is 1460. The lowest BCUT2D eigenvalue weighted by molar-refractivity contribution is 0.0695. The van der Waals surface area contributed by atoms with Gasteiger partial charge < -0.3 is 19.5 Å². The quantitative estimate of drug-likeness (QED) is 0.429. The molecule has 0 saturated carbocycles.